The number of amides is 1. The van der Waals surface area contributed by atoms with E-state index in [1.807, 2.05) is 13.8 Å². The van der Waals surface area contributed by atoms with Crippen LogP contribution in [0.3, 0.4) is 0 Å². The van der Waals surface area contributed by atoms with Gasteiger partial charge in [0, 0.05) is 32.1 Å². The number of methoxy groups -OCH3 is 1. The Labute approximate surface area is 152 Å². The Hall–Kier alpha value is -1.92. The zero-order chi connectivity index (χ0) is 18.6. The zero-order valence-electron chi connectivity index (χ0n) is 15.1. The van der Waals surface area contributed by atoms with Gasteiger partial charge in [0.1, 0.15) is 5.82 Å². The Kier molecular flexibility index (Phi) is 6.56. The number of carbonyl (C=O) groups is 1. The molecule has 0 spiro atoms. The third-order valence-corrected chi connectivity index (χ3v) is 4.47. The average molecular weight is 366 g/mol. The van der Waals surface area contributed by atoms with Crippen molar-refractivity contribution in [2.45, 2.75) is 32.7 Å². The van der Waals surface area contributed by atoms with E-state index >= 15 is 0 Å². The molecule has 0 saturated heterocycles. The highest BCUT2D eigenvalue weighted by Gasteiger charge is 2.24. The summed E-state index contributed by atoms with van der Waals surface area (Å²) in [6.07, 6.45) is 1.21. The van der Waals surface area contributed by atoms with E-state index in [2.05, 4.69) is 4.98 Å². The highest BCUT2D eigenvalue weighted by atomic mass is 35.5. The van der Waals surface area contributed by atoms with Crippen LogP contribution in [0.15, 0.2) is 23.0 Å². The van der Waals surface area contributed by atoms with Gasteiger partial charge in [-0.3, -0.25) is 14.2 Å². The molecular weight excluding hydrogens is 342 g/mol. The number of carbonyl (C=O) groups excluding carboxylic acids is 1. The maximum absolute atomic E-state index is 12.7. The van der Waals surface area contributed by atoms with Gasteiger partial charge in [-0.15, -0.1) is 0 Å². The summed E-state index contributed by atoms with van der Waals surface area (Å²) in [5.41, 5.74) is 0.396. The number of halogens is 1. The monoisotopic (exact) mass is 365 g/mol. The molecule has 7 heteroatoms. The molecule has 0 saturated carbocycles. The van der Waals surface area contributed by atoms with Gasteiger partial charge >= 0.3 is 0 Å². The van der Waals surface area contributed by atoms with Crippen molar-refractivity contribution in [1.29, 1.82) is 0 Å². The number of aromatic nitrogens is 2. The van der Waals surface area contributed by atoms with Crippen molar-refractivity contribution in [2.24, 2.45) is 7.05 Å². The minimum absolute atomic E-state index is 0.0255. The fourth-order valence-corrected chi connectivity index (χ4v) is 3.03. The van der Waals surface area contributed by atoms with E-state index < -0.39 is 0 Å². The molecule has 25 heavy (non-hydrogen) atoms. The highest BCUT2D eigenvalue weighted by molar-refractivity contribution is 6.31. The molecule has 1 heterocycles. The third kappa shape index (κ3) is 4.19. The van der Waals surface area contributed by atoms with Gasteiger partial charge in [0.05, 0.1) is 23.6 Å². The number of fused-ring (bicyclic) bond motifs is 1. The van der Waals surface area contributed by atoms with Crippen LogP contribution in [-0.2, 0) is 16.6 Å². The predicted octanol–water partition coefficient (Wildman–Crippen LogP) is 2.92. The minimum Gasteiger partial charge on any atom is -0.383 e. The smallest absolute Gasteiger partial charge is 0.261 e. The molecule has 0 N–H and O–H groups in total. The third-order valence-electron chi connectivity index (χ3n) is 4.23. The fraction of sp³-hybridized carbons (Fsp3) is 0.500. The molecule has 0 radical (unpaired) electrons. The van der Waals surface area contributed by atoms with Gasteiger partial charge in [-0.2, -0.15) is 0 Å². The van der Waals surface area contributed by atoms with Gasteiger partial charge in [0.2, 0.25) is 5.91 Å². The first-order valence-corrected chi connectivity index (χ1v) is 8.73. The molecule has 1 aromatic heterocycles. The van der Waals surface area contributed by atoms with E-state index in [0.717, 1.165) is 6.42 Å². The topological polar surface area (TPSA) is 64.4 Å². The van der Waals surface area contributed by atoms with E-state index in [4.69, 9.17) is 16.3 Å². The van der Waals surface area contributed by atoms with Crippen molar-refractivity contribution in [3.05, 3.63) is 39.4 Å². The number of hydrogen-bond donors (Lipinski definition) is 0. The van der Waals surface area contributed by atoms with E-state index in [9.17, 15) is 9.59 Å². The number of benzene rings is 1. The standard InChI is InChI=1S/C18H24ClN3O3/c1-5-6-16(23)22(9-10-25-4)12(2)17-20-15-8-7-13(19)11-14(15)18(24)21(17)3/h7-8,11-12H,5-6,9-10H2,1-4H3. The van der Waals surface area contributed by atoms with E-state index in [-0.39, 0.29) is 17.5 Å². The Balaban J connectivity index is 2.50. The van der Waals surface area contributed by atoms with Crippen LogP contribution in [0, 0.1) is 0 Å². The summed E-state index contributed by atoms with van der Waals surface area (Å²) < 4.78 is 6.61. The van der Waals surface area contributed by atoms with Crippen LogP contribution < -0.4 is 5.56 Å². The van der Waals surface area contributed by atoms with Crippen LogP contribution >= 0.6 is 11.6 Å². The molecule has 1 aromatic carbocycles. The minimum atomic E-state index is -0.341. The van der Waals surface area contributed by atoms with Crippen LogP contribution in [-0.4, -0.2) is 40.6 Å². The molecule has 0 fully saturated rings. The lowest BCUT2D eigenvalue weighted by molar-refractivity contribution is -0.134. The summed E-state index contributed by atoms with van der Waals surface area (Å²) in [7, 11) is 3.27. The lowest BCUT2D eigenvalue weighted by Crippen LogP contribution is -2.39. The Bertz CT molecular complexity index is 819. The average Bonchev–Trinajstić information content (AvgIpc) is 2.59. The molecule has 136 valence electrons. The van der Waals surface area contributed by atoms with Gasteiger partial charge in [-0.25, -0.2) is 4.98 Å². The number of nitrogens with zero attached hydrogens (tertiary/aromatic N) is 3. The molecule has 0 bridgehead atoms. The van der Waals surface area contributed by atoms with E-state index in [0.29, 0.717) is 41.3 Å². The zero-order valence-corrected chi connectivity index (χ0v) is 15.8. The number of ether oxygens (including phenoxy) is 1. The molecule has 2 aromatic rings. The lowest BCUT2D eigenvalue weighted by Gasteiger charge is -2.29. The molecule has 0 aliphatic heterocycles. The first kappa shape index (κ1) is 19.4. The maximum Gasteiger partial charge on any atom is 0.261 e. The summed E-state index contributed by atoms with van der Waals surface area (Å²) in [4.78, 5) is 31.5. The second-order valence-electron chi connectivity index (χ2n) is 6.00. The molecule has 2 rings (SSSR count). The molecule has 1 unspecified atom stereocenters. The van der Waals surface area contributed by atoms with Crippen molar-refractivity contribution in [3.63, 3.8) is 0 Å². The van der Waals surface area contributed by atoms with Crippen LogP contribution in [0.4, 0.5) is 0 Å². The number of hydrogen-bond acceptors (Lipinski definition) is 4. The van der Waals surface area contributed by atoms with Gasteiger partial charge < -0.3 is 9.64 Å². The molecule has 1 amide bonds. The molecule has 0 aliphatic rings. The summed E-state index contributed by atoms with van der Waals surface area (Å²) in [5, 5.41) is 0.960. The predicted molar refractivity (Wildman–Crippen MR) is 98.9 cm³/mol. The number of rotatable bonds is 7. The maximum atomic E-state index is 12.7. The van der Waals surface area contributed by atoms with Gasteiger partial charge in [0.15, 0.2) is 0 Å². The van der Waals surface area contributed by atoms with Crippen LogP contribution in [0.25, 0.3) is 10.9 Å². The van der Waals surface area contributed by atoms with Crippen molar-refractivity contribution in [3.8, 4) is 0 Å². The van der Waals surface area contributed by atoms with Gasteiger partial charge in [-0.05, 0) is 31.5 Å². The van der Waals surface area contributed by atoms with Gasteiger partial charge in [0.25, 0.3) is 5.56 Å². The van der Waals surface area contributed by atoms with Crippen molar-refractivity contribution >= 4 is 28.4 Å². The summed E-state index contributed by atoms with van der Waals surface area (Å²) >= 11 is 5.99. The summed E-state index contributed by atoms with van der Waals surface area (Å²) in [5.74, 6) is 0.567. The quantitative estimate of drug-likeness (QED) is 0.756. The van der Waals surface area contributed by atoms with Crippen LogP contribution in [0.2, 0.25) is 5.02 Å². The van der Waals surface area contributed by atoms with Crippen LogP contribution in [0.5, 0.6) is 0 Å². The van der Waals surface area contributed by atoms with E-state index in [1.54, 1.807) is 37.3 Å². The summed E-state index contributed by atoms with van der Waals surface area (Å²) in [6.45, 7) is 4.72. The Morgan fingerprint density at radius 3 is 2.80 bits per heavy atom. The first-order chi connectivity index (χ1) is 11.9. The first-order valence-electron chi connectivity index (χ1n) is 8.35. The summed E-state index contributed by atoms with van der Waals surface area (Å²) in [6, 6.07) is 4.70. The fourth-order valence-electron chi connectivity index (χ4n) is 2.85. The second-order valence-corrected chi connectivity index (χ2v) is 6.44. The van der Waals surface area contributed by atoms with Crippen molar-refractivity contribution in [2.75, 3.05) is 20.3 Å². The normalized spacial score (nSPS) is 12.4. The van der Waals surface area contributed by atoms with Crippen molar-refractivity contribution < 1.29 is 9.53 Å². The lowest BCUT2D eigenvalue weighted by atomic mass is 10.2. The SMILES string of the molecule is CCCC(=O)N(CCOC)C(C)c1nc2ccc(Cl)cc2c(=O)n1C. The highest BCUT2D eigenvalue weighted by Crippen LogP contribution is 2.22. The largest absolute Gasteiger partial charge is 0.383 e. The van der Waals surface area contributed by atoms with Crippen molar-refractivity contribution in [1.82, 2.24) is 14.5 Å². The molecule has 6 nitrogen and oxygen atoms in total. The molecule has 0 aliphatic carbocycles. The second kappa shape index (κ2) is 8.45. The van der Waals surface area contributed by atoms with E-state index in [1.165, 1.54) is 4.57 Å². The molecule has 1 atom stereocenters. The molecular formula is C18H24ClN3O3. The Morgan fingerprint density at radius 1 is 1.44 bits per heavy atom. The van der Waals surface area contributed by atoms with Gasteiger partial charge in [-0.1, -0.05) is 18.5 Å². The van der Waals surface area contributed by atoms with Crippen LogP contribution in [0.1, 0.15) is 38.6 Å². The Morgan fingerprint density at radius 2 is 2.16 bits per heavy atom.